The number of hydrogen-bond donors (Lipinski definition) is 2. The average molecular weight is 499 g/mol. The van der Waals surface area contributed by atoms with Gasteiger partial charge in [-0.15, -0.1) is 0 Å². The van der Waals surface area contributed by atoms with Crippen molar-refractivity contribution in [2.75, 3.05) is 13.3 Å². The molecule has 0 bridgehead atoms. The number of halogens is 1. The number of ether oxygens (including phenoxy) is 1. The number of hydrogen-bond acceptors (Lipinski definition) is 3. The molecule has 4 heteroatoms. The lowest BCUT2D eigenvalue weighted by molar-refractivity contribution is 0.162. The molecular weight excluding hydrogens is 451 g/mol. The zero-order valence-electron chi connectivity index (χ0n) is 22.7. The molecule has 3 rings (SSSR count). The van der Waals surface area contributed by atoms with E-state index in [-0.39, 0.29) is 23.6 Å². The largest absolute Gasteiger partial charge is 0.508 e. The van der Waals surface area contributed by atoms with E-state index >= 15 is 0 Å². The number of phenolic OH excluding ortho intramolecular Hbond substituents is 2. The second-order valence-electron chi connectivity index (χ2n) is 11.9. The first kappa shape index (κ1) is 28.3. The Bertz CT molecular complexity index is 923. The number of alkyl halides is 1. The highest BCUT2D eigenvalue weighted by Crippen LogP contribution is 2.49. The quantitative estimate of drug-likeness (QED) is 0.241. The monoisotopic (exact) mass is 498 g/mol. The van der Waals surface area contributed by atoms with Crippen LogP contribution < -0.4 is 4.74 Å². The highest BCUT2D eigenvalue weighted by molar-refractivity contribution is 5.48. The van der Waals surface area contributed by atoms with Gasteiger partial charge in [0.05, 0.1) is 13.3 Å². The van der Waals surface area contributed by atoms with Crippen molar-refractivity contribution in [2.45, 2.75) is 109 Å². The lowest BCUT2D eigenvalue weighted by atomic mass is 9.66. The number of aromatic hydroxyl groups is 2. The standard InChI is InChI=1S/C32H47FO3/c1-31(2,21-11-12-22-33)20-10-8-6-4-5-7-9-13-29-28-19-18-27(35)23-30(28)36-24-32(29,3)25-14-16-26(34)17-15-25/h14-19,23,29,34-35H,4-13,20-22,24H2,1-3H3/t29?,32-/m1/s1. The molecule has 200 valence electrons. The van der Waals surface area contributed by atoms with Crippen LogP contribution in [0.15, 0.2) is 42.5 Å². The van der Waals surface area contributed by atoms with Crippen LogP contribution in [-0.4, -0.2) is 23.5 Å². The smallest absolute Gasteiger partial charge is 0.126 e. The maximum absolute atomic E-state index is 12.3. The average Bonchev–Trinajstić information content (AvgIpc) is 2.84. The summed E-state index contributed by atoms with van der Waals surface area (Å²) in [6.45, 7) is 7.29. The van der Waals surface area contributed by atoms with Crippen LogP contribution in [0.3, 0.4) is 0 Å². The molecule has 0 radical (unpaired) electrons. The summed E-state index contributed by atoms with van der Waals surface area (Å²) in [5.41, 5.74) is 2.51. The highest BCUT2D eigenvalue weighted by atomic mass is 19.1. The predicted octanol–water partition coefficient (Wildman–Crippen LogP) is 9.21. The minimum Gasteiger partial charge on any atom is -0.508 e. The van der Waals surface area contributed by atoms with Crippen LogP contribution in [0, 0.1) is 5.41 Å². The summed E-state index contributed by atoms with van der Waals surface area (Å²) in [5, 5.41) is 19.7. The van der Waals surface area contributed by atoms with Gasteiger partial charge in [-0.05, 0) is 60.4 Å². The molecule has 2 aromatic carbocycles. The Balaban J connectivity index is 1.46. The Morgan fingerprint density at radius 3 is 2.08 bits per heavy atom. The summed E-state index contributed by atoms with van der Waals surface area (Å²) in [5.74, 6) is 1.61. The molecule has 0 fully saturated rings. The van der Waals surface area contributed by atoms with Gasteiger partial charge in [0, 0.05) is 17.4 Å². The number of rotatable bonds is 15. The van der Waals surface area contributed by atoms with Crippen molar-refractivity contribution in [3.63, 3.8) is 0 Å². The fourth-order valence-electron chi connectivity index (χ4n) is 5.87. The van der Waals surface area contributed by atoms with Crippen molar-refractivity contribution in [2.24, 2.45) is 5.41 Å². The Hall–Kier alpha value is -2.23. The predicted molar refractivity (Wildman–Crippen MR) is 147 cm³/mol. The number of benzene rings is 2. The molecule has 36 heavy (non-hydrogen) atoms. The molecule has 1 unspecified atom stereocenters. The maximum Gasteiger partial charge on any atom is 0.126 e. The van der Waals surface area contributed by atoms with E-state index in [0.29, 0.717) is 24.4 Å². The molecular formula is C32H47FO3. The number of unbranched alkanes of at least 4 members (excludes halogenated alkanes) is 7. The Kier molecular flexibility index (Phi) is 10.5. The van der Waals surface area contributed by atoms with Gasteiger partial charge in [-0.2, -0.15) is 0 Å². The van der Waals surface area contributed by atoms with Gasteiger partial charge in [0.25, 0.3) is 0 Å². The molecule has 1 heterocycles. The van der Waals surface area contributed by atoms with Crippen molar-refractivity contribution in [3.05, 3.63) is 53.6 Å². The second kappa shape index (κ2) is 13.4. The van der Waals surface area contributed by atoms with Crippen LogP contribution in [0.1, 0.15) is 115 Å². The van der Waals surface area contributed by atoms with Gasteiger partial charge in [-0.1, -0.05) is 90.3 Å². The first-order valence-electron chi connectivity index (χ1n) is 14.1. The van der Waals surface area contributed by atoms with Crippen molar-refractivity contribution in [1.82, 2.24) is 0 Å². The zero-order valence-corrected chi connectivity index (χ0v) is 22.7. The molecule has 2 aromatic rings. The van der Waals surface area contributed by atoms with Gasteiger partial charge in [-0.3, -0.25) is 4.39 Å². The van der Waals surface area contributed by atoms with Crippen molar-refractivity contribution in [3.8, 4) is 17.2 Å². The minimum absolute atomic E-state index is 0.184. The van der Waals surface area contributed by atoms with Gasteiger partial charge in [0.1, 0.15) is 17.2 Å². The summed E-state index contributed by atoms with van der Waals surface area (Å²) in [4.78, 5) is 0. The van der Waals surface area contributed by atoms with E-state index in [2.05, 4.69) is 20.8 Å². The Morgan fingerprint density at radius 2 is 1.42 bits per heavy atom. The van der Waals surface area contributed by atoms with Crippen molar-refractivity contribution >= 4 is 0 Å². The number of phenols is 2. The normalized spacial score (nSPS) is 19.6. The topological polar surface area (TPSA) is 49.7 Å². The molecule has 0 saturated heterocycles. The lowest BCUT2D eigenvalue weighted by Crippen LogP contribution is -2.40. The van der Waals surface area contributed by atoms with E-state index in [1.165, 1.54) is 62.5 Å². The molecule has 1 aliphatic rings. The van der Waals surface area contributed by atoms with Gasteiger partial charge >= 0.3 is 0 Å². The fourth-order valence-corrected chi connectivity index (χ4v) is 5.87. The minimum atomic E-state index is -0.186. The van der Waals surface area contributed by atoms with Gasteiger partial charge in [0.2, 0.25) is 0 Å². The molecule has 0 spiro atoms. The van der Waals surface area contributed by atoms with Gasteiger partial charge in [-0.25, -0.2) is 0 Å². The summed E-state index contributed by atoms with van der Waals surface area (Å²) < 4.78 is 18.5. The first-order valence-corrected chi connectivity index (χ1v) is 14.1. The lowest BCUT2D eigenvalue weighted by Gasteiger charge is -2.43. The van der Waals surface area contributed by atoms with E-state index in [4.69, 9.17) is 4.74 Å². The van der Waals surface area contributed by atoms with Crippen LogP contribution in [0.4, 0.5) is 4.39 Å². The fraction of sp³-hybridized carbons (Fsp3) is 0.625. The van der Waals surface area contributed by atoms with E-state index in [0.717, 1.165) is 25.0 Å². The van der Waals surface area contributed by atoms with E-state index < -0.39 is 0 Å². The van der Waals surface area contributed by atoms with Crippen molar-refractivity contribution < 1.29 is 19.3 Å². The van der Waals surface area contributed by atoms with Gasteiger partial charge in [0.15, 0.2) is 0 Å². The molecule has 2 atom stereocenters. The van der Waals surface area contributed by atoms with Crippen LogP contribution in [0.5, 0.6) is 17.2 Å². The molecule has 0 amide bonds. The summed E-state index contributed by atoms with van der Waals surface area (Å²) in [7, 11) is 0. The molecule has 2 N–H and O–H groups in total. The Labute approximate surface area is 218 Å². The van der Waals surface area contributed by atoms with E-state index in [9.17, 15) is 14.6 Å². The van der Waals surface area contributed by atoms with Crippen molar-refractivity contribution in [1.29, 1.82) is 0 Å². The van der Waals surface area contributed by atoms with Crippen LogP contribution >= 0.6 is 0 Å². The zero-order chi connectivity index (χ0) is 26.0. The SMILES string of the molecule is CC(C)(CCCCF)CCCCCCCCCC1c2ccc(O)cc2OC[C@]1(C)c1ccc(O)cc1. The molecule has 0 aromatic heterocycles. The molecule has 0 aliphatic carbocycles. The molecule has 1 aliphatic heterocycles. The second-order valence-corrected chi connectivity index (χ2v) is 11.9. The van der Waals surface area contributed by atoms with Gasteiger partial charge < -0.3 is 14.9 Å². The third kappa shape index (κ3) is 7.88. The summed E-state index contributed by atoms with van der Waals surface area (Å²) in [6.07, 6.45) is 14.0. The van der Waals surface area contributed by atoms with E-state index in [1.54, 1.807) is 24.3 Å². The number of fused-ring (bicyclic) bond motifs is 1. The summed E-state index contributed by atoms with van der Waals surface area (Å²) in [6, 6.07) is 13.1. The Morgan fingerprint density at radius 1 is 0.833 bits per heavy atom. The van der Waals surface area contributed by atoms with Crippen LogP contribution in [0.2, 0.25) is 0 Å². The molecule has 0 saturated carbocycles. The molecule has 3 nitrogen and oxygen atoms in total. The van der Waals surface area contributed by atoms with E-state index in [1.807, 2.05) is 18.2 Å². The first-order chi connectivity index (χ1) is 17.2. The third-order valence-corrected chi connectivity index (χ3v) is 8.28. The van der Waals surface area contributed by atoms with Crippen LogP contribution in [-0.2, 0) is 5.41 Å². The summed E-state index contributed by atoms with van der Waals surface area (Å²) >= 11 is 0. The maximum atomic E-state index is 12.3. The van der Waals surface area contributed by atoms with Crippen LogP contribution in [0.25, 0.3) is 0 Å². The highest BCUT2D eigenvalue weighted by Gasteiger charge is 2.42. The third-order valence-electron chi connectivity index (χ3n) is 8.28.